The molecule has 41 heavy (non-hydrogen) atoms. The molecule has 0 aromatic heterocycles. The first-order valence-electron chi connectivity index (χ1n) is 13.7. The molecule has 0 spiro atoms. The minimum Gasteiger partial charge on any atom is -0.497 e. The first-order valence-corrected chi connectivity index (χ1v) is 15.1. The summed E-state index contributed by atoms with van der Waals surface area (Å²) < 4.78 is 34.6. The molecule has 3 aromatic rings. The molecule has 0 aliphatic carbocycles. The maximum Gasteiger partial charge on any atom is 0.264 e. The Kier molecular flexibility index (Phi) is 10.2. The van der Waals surface area contributed by atoms with E-state index in [-0.39, 0.29) is 17.3 Å². The molecule has 220 valence electrons. The lowest BCUT2D eigenvalue weighted by Gasteiger charge is -2.34. The summed E-state index contributed by atoms with van der Waals surface area (Å²) >= 11 is 0. The summed E-state index contributed by atoms with van der Waals surface area (Å²) in [6.45, 7) is 10.7. The third-order valence-electron chi connectivity index (χ3n) is 6.68. The van der Waals surface area contributed by atoms with Crippen molar-refractivity contribution in [2.45, 2.75) is 71.0 Å². The van der Waals surface area contributed by atoms with Gasteiger partial charge in [-0.3, -0.25) is 13.9 Å². The van der Waals surface area contributed by atoms with Crippen LogP contribution in [-0.2, 0) is 32.6 Å². The predicted molar refractivity (Wildman–Crippen MR) is 162 cm³/mol. The molecule has 8 nitrogen and oxygen atoms in total. The molecule has 2 amide bonds. The van der Waals surface area contributed by atoms with E-state index in [1.807, 2.05) is 58.9 Å². The van der Waals surface area contributed by atoms with E-state index in [9.17, 15) is 18.0 Å². The van der Waals surface area contributed by atoms with Gasteiger partial charge in [0.15, 0.2) is 0 Å². The van der Waals surface area contributed by atoms with Crippen LogP contribution in [0.1, 0.15) is 51.3 Å². The topological polar surface area (TPSA) is 96.0 Å². The number of carbonyl (C=O) groups excluding carboxylic acids is 2. The number of amides is 2. The number of nitrogens with zero attached hydrogens (tertiary/aromatic N) is 2. The van der Waals surface area contributed by atoms with E-state index in [0.29, 0.717) is 17.9 Å². The molecule has 9 heteroatoms. The van der Waals surface area contributed by atoms with Crippen LogP contribution in [0, 0.1) is 6.92 Å². The molecule has 1 N–H and O–H groups in total. The molecule has 1 atom stereocenters. The Morgan fingerprint density at radius 3 is 2.24 bits per heavy atom. The molecule has 0 aliphatic rings. The van der Waals surface area contributed by atoms with Crippen molar-refractivity contribution in [1.82, 2.24) is 10.2 Å². The number of hydrogen-bond acceptors (Lipinski definition) is 5. The lowest BCUT2D eigenvalue weighted by Crippen LogP contribution is -2.54. The maximum atomic E-state index is 14.1. The van der Waals surface area contributed by atoms with Gasteiger partial charge in [-0.25, -0.2) is 8.42 Å². The molecule has 0 saturated carbocycles. The van der Waals surface area contributed by atoms with Crippen molar-refractivity contribution in [2.24, 2.45) is 0 Å². The second-order valence-corrected chi connectivity index (χ2v) is 13.0. The van der Waals surface area contributed by atoms with E-state index in [4.69, 9.17) is 4.74 Å². The van der Waals surface area contributed by atoms with Crippen molar-refractivity contribution < 1.29 is 22.7 Å². The molecule has 0 saturated heterocycles. The summed E-state index contributed by atoms with van der Waals surface area (Å²) in [6, 6.07) is 20.1. The quantitative estimate of drug-likeness (QED) is 0.341. The minimum atomic E-state index is -4.13. The highest BCUT2D eigenvalue weighted by Crippen LogP contribution is 2.28. The second kappa shape index (κ2) is 13.2. The van der Waals surface area contributed by atoms with E-state index >= 15 is 0 Å². The zero-order valence-electron chi connectivity index (χ0n) is 25.0. The lowest BCUT2D eigenvalue weighted by molar-refractivity contribution is -0.140. The van der Waals surface area contributed by atoms with Crippen molar-refractivity contribution in [3.8, 4) is 5.75 Å². The average molecular weight is 580 g/mol. The number of methoxy groups -OCH3 is 1. The molecule has 3 aromatic carbocycles. The summed E-state index contributed by atoms with van der Waals surface area (Å²) in [5.74, 6) is -0.233. The van der Waals surface area contributed by atoms with Gasteiger partial charge in [0.2, 0.25) is 11.8 Å². The standard InChI is InChI=1S/C32H41N3O5S/c1-8-26-13-9-10-15-29(26)35(41(38,39)28-18-16-23(2)17-19-28)22-30(36)34(24(3)31(37)33-32(4,5)6)21-25-12-11-14-27(20-25)40-7/h9-20,24H,8,21-22H2,1-7H3,(H,33,37)/t24-/m1/s1. The SMILES string of the molecule is CCc1ccccc1N(CC(=O)N(Cc1cccc(OC)c1)[C@H](C)C(=O)NC(C)(C)C)S(=O)(=O)c1ccc(C)cc1. The van der Waals surface area contributed by atoms with E-state index in [0.717, 1.165) is 21.0 Å². The average Bonchev–Trinajstić information content (AvgIpc) is 2.93. The summed E-state index contributed by atoms with van der Waals surface area (Å²) in [7, 11) is -2.57. The highest BCUT2D eigenvalue weighted by Gasteiger charge is 2.34. The smallest absolute Gasteiger partial charge is 0.264 e. The molecule has 0 radical (unpaired) electrons. The maximum absolute atomic E-state index is 14.1. The zero-order chi connectivity index (χ0) is 30.4. The van der Waals surface area contributed by atoms with Crippen LogP contribution in [0.5, 0.6) is 5.75 Å². The summed E-state index contributed by atoms with van der Waals surface area (Å²) in [4.78, 5) is 28.9. The second-order valence-electron chi connectivity index (χ2n) is 11.1. The predicted octanol–water partition coefficient (Wildman–Crippen LogP) is 5.09. The van der Waals surface area contributed by atoms with Gasteiger partial charge in [0.25, 0.3) is 10.0 Å². The van der Waals surface area contributed by atoms with Gasteiger partial charge in [-0.15, -0.1) is 0 Å². The number of ether oxygens (including phenoxy) is 1. The highest BCUT2D eigenvalue weighted by atomic mass is 32.2. The van der Waals surface area contributed by atoms with Crippen LogP contribution >= 0.6 is 0 Å². The minimum absolute atomic E-state index is 0.0830. The molecule has 0 aliphatic heterocycles. The first-order chi connectivity index (χ1) is 19.3. The van der Waals surface area contributed by atoms with Crippen molar-refractivity contribution in [1.29, 1.82) is 0 Å². The van der Waals surface area contributed by atoms with Crippen molar-refractivity contribution >= 4 is 27.5 Å². The number of anilines is 1. The van der Waals surface area contributed by atoms with E-state index < -0.39 is 34.1 Å². The Morgan fingerprint density at radius 2 is 1.63 bits per heavy atom. The van der Waals surface area contributed by atoms with E-state index in [2.05, 4.69) is 5.32 Å². The van der Waals surface area contributed by atoms with Gasteiger partial charge >= 0.3 is 0 Å². The van der Waals surface area contributed by atoms with Crippen LogP contribution in [0.25, 0.3) is 0 Å². The molecule has 0 bridgehead atoms. The molecule has 0 fully saturated rings. The number of rotatable bonds is 11. The summed E-state index contributed by atoms with van der Waals surface area (Å²) in [5, 5.41) is 2.94. The van der Waals surface area contributed by atoms with Crippen LogP contribution in [0.2, 0.25) is 0 Å². The van der Waals surface area contributed by atoms with E-state index in [1.54, 1.807) is 62.6 Å². The highest BCUT2D eigenvalue weighted by molar-refractivity contribution is 7.92. The van der Waals surface area contributed by atoms with Crippen molar-refractivity contribution in [2.75, 3.05) is 18.0 Å². The van der Waals surface area contributed by atoms with Gasteiger partial charge in [-0.2, -0.15) is 0 Å². The number of para-hydroxylation sites is 1. The number of sulfonamides is 1. The molecule has 3 rings (SSSR count). The van der Waals surface area contributed by atoms with Gasteiger partial charge < -0.3 is 15.0 Å². The van der Waals surface area contributed by atoms with Crippen LogP contribution < -0.4 is 14.4 Å². The monoisotopic (exact) mass is 579 g/mol. The van der Waals surface area contributed by atoms with Crippen LogP contribution in [0.3, 0.4) is 0 Å². The zero-order valence-corrected chi connectivity index (χ0v) is 25.8. The normalized spacial score (nSPS) is 12.4. The lowest BCUT2D eigenvalue weighted by atomic mass is 10.1. The van der Waals surface area contributed by atoms with Gasteiger partial charge in [0.05, 0.1) is 17.7 Å². The molecular formula is C32H41N3O5S. The summed E-state index contributed by atoms with van der Waals surface area (Å²) in [5.41, 5.74) is 2.36. The Morgan fingerprint density at radius 1 is 0.976 bits per heavy atom. The number of hydrogen-bond donors (Lipinski definition) is 1. The summed E-state index contributed by atoms with van der Waals surface area (Å²) in [6.07, 6.45) is 0.572. The number of aryl methyl sites for hydroxylation is 2. The Balaban J connectivity index is 2.08. The third-order valence-corrected chi connectivity index (χ3v) is 8.46. The number of benzene rings is 3. The van der Waals surface area contributed by atoms with Gasteiger partial charge in [-0.05, 0) is 82.5 Å². The van der Waals surface area contributed by atoms with E-state index in [1.165, 1.54) is 4.90 Å². The number of carbonyl (C=O) groups is 2. The van der Waals surface area contributed by atoms with Gasteiger partial charge in [-0.1, -0.05) is 55.0 Å². The fraction of sp³-hybridized carbons (Fsp3) is 0.375. The number of nitrogens with one attached hydrogen (secondary N) is 1. The molecular weight excluding hydrogens is 538 g/mol. The van der Waals surface area contributed by atoms with Gasteiger partial charge in [0, 0.05) is 12.1 Å². The van der Waals surface area contributed by atoms with Crippen LogP contribution in [0.4, 0.5) is 5.69 Å². The van der Waals surface area contributed by atoms with Crippen molar-refractivity contribution in [3.63, 3.8) is 0 Å². The Bertz CT molecular complexity index is 1460. The molecule has 0 heterocycles. The van der Waals surface area contributed by atoms with Crippen molar-refractivity contribution in [3.05, 3.63) is 89.5 Å². The van der Waals surface area contributed by atoms with Gasteiger partial charge in [0.1, 0.15) is 18.3 Å². The van der Waals surface area contributed by atoms with Crippen LogP contribution in [0.15, 0.2) is 77.7 Å². The van der Waals surface area contributed by atoms with Crippen LogP contribution in [-0.4, -0.2) is 50.4 Å². The fourth-order valence-corrected chi connectivity index (χ4v) is 5.88. The Labute approximate surface area is 244 Å². The fourth-order valence-electron chi connectivity index (χ4n) is 4.43. The first kappa shape index (κ1) is 31.7. The largest absolute Gasteiger partial charge is 0.497 e. The third kappa shape index (κ3) is 8.10. The Hall–Kier alpha value is -3.85. The molecule has 0 unspecified atom stereocenters.